The van der Waals surface area contributed by atoms with E-state index in [9.17, 15) is 14.7 Å². The van der Waals surface area contributed by atoms with Crippen LogP contribution in [0.15, 0.2) is 0 Å². The first kappa shape index (κ1) is 20.4. The summed E-state index contributed by atoms with van der Waals surface area (Å²) in [6.45, 7) is 10.4. The molecule has 2 aliphatic carbocycles. The van der Waals surface area contributed by atoms with Crippen LogP contribution in [0.2, 0.25) is 0 Å². The fraction of sp³-hybridized carbons (Fsp3) is 0.905. The molecule has 0 aromatic rings. The lowest BCUT2D eigenvalue weighted by atomic mass is 9.66. The van der Waals surface area contributed by atoms with Crippen LogP contribution >= 0.6 is 0 Å². The number of aliphatic hydroxyl groups excluding tert-OH is 1. The van der Waals surface area contributed by atoms with Crippen molar-refractivity contribution in [1.29, 1.82) is 0 Å². The number of hydrogen-bond donors (Lipinski definition) is 1. The normalized spacial score (nSPS) is 38.7. The Balaban J connectivity index is 1.89. The Morgan fingerprint density at radius 1 is 1.11 bits per heavy atom. The topological polar surface area (TPSA) is 76.1 Å². The van der Waals surface area contributed by atoms with Gasteiger partial charge in [0.15, 0.2) is 0 Å². The summed E-state index contributed by atoms with van der Waals surface area (Å²) in [6.07, 6.45) is 2.47. The molecule has 7 atom stereocenters. The average Bonchev–Trinajstić information content (AvgIpc) is 2.68. The molecule has 0 radical (unpaired) electrons. The molecule has 0 spiro atoms. The number of likely N-dealkylation sites (tertiary alicyclic amines) is 1. The summed E-state index contributed by atoms with van der Waals surface area (Å²) in [5.41, 5.74) is -0.550. The van der Waals surface area contributed by atoms with E-state index >= 15 is 0 Å². The number of carbonyl (C=O) groups excluding carboxylic acids is 2. The van der Waals surface area contributed by atoms with E-state index in [0.29, 0.717) is 37.3 Å². The Kier molecular flexibility index (Phi) is 5.76. The van der Waals surface area contributed by atoms with Gasteiger partial charge in [-0.1, -0.05) is 6.92 Å². The van der Waals surface area contributed by atoms with Crippen molar-refractivity contribution in [3.63, 3.8) is 0 Å². The molecular formula is C21H35NO5. The summed E-state index contributed by atoms with van der Waals surface area (Å²) < 4.78 is 10.9. The van der Waals surface area contributed by atoms with Crippen molar-refractivity contribution >= 4 is 12.1 Å². The van der Waals surface area contributed by atoms with E-state index < -0.39 is 17.6 Å². The van der Waals surface area contributed by atoms with Gasteiger partial charge in [-0.3, -0.25) is 4.79 Å². The molecule has 1 heterocycles. The lowest BCUT2D eigenvalue weighted by Crippen LogP contribution is -2.57. The van der Waals surface area contributed by atoms with Crippen LogP contribution in [-0.2, 0) is 14.3 Å². The summed E-state index contributed by atoms with van der Waals surface area (Å²) in [6, 6.07) is 0.137. The summed E-state index contributed by atoms with van der Waals surface area (Å²) in [5, 5.41) is 11.0. The minimum absolute atomic E-state index is 0.105. The maximum atomic E-state index is 12.9. The molecule has 0 aromatic heterocycles. The second-order valence-electron chi connectivity index (χ2n) is 9.78. The van der Waals surface area contributed by atoms with E-state index in [2.05, 4.69) is 6.92 Å². The highest BCUT2D eigenvalue weighted by Crippen LogP contribution is 2.50. The van der Waals surface area contributed by atoms with Crippen molar-refractivity contribution in [2.24, 2.45) is 29.6 Å². The lowest BCUT2D eigenvalue weighted by molar-refractivity contribution is -0.154. The predicted octanol–water partition coefficient (Wildman–Crippen LogP) is 3.22. The van der Waals surface area contributed by atoms with Crippen LogP contribution in [0.5, 0.6) is 0 Å². The second kappa shape index (κ2) is 7.61. The number of hydrogen-bond acceptors (Lipinski definition) is 5. The number of ether oxygens (including phenoxy) is 2. The van der Waals surface area contributed by atoms with Gasteiger partial charge in [-0.05, 0) is 71.1 Å². The van der Waals surface area contributed by atoms with E-state index in [4.69, 9.17) is 9.47 Å². The minimum atomic E-state index is -0.768. The fourth-order valence-electron chi connectivity index (χ4n) is 5.54. The maximum Gasteiger partial charge on any atom is 0.410 e. The van der Waals surface area contributed by atoms with Gasteiger partial charge in [0.2, 0.25) is 0 Å². The zero-order valence-corrected chi connectivity index (χ0v) is 17.3. The van der Waals surface area contributed by atoms with Gasteiger partial charge in [-0.25, -0.2) is 4.79 Å². The molecular weight excluding hydrogens is 346 g/mol. The third-order valence-electron chi connectivity index (χ3n) is 6.52. The van der Waals surface area contributed by atoms with E-state index in [1.54, 1.807) is 6.92 Å². The molecule has 2 bridgehead atoms. The van der Waals surface area contributed by atoms with Crippen LogP contribution < -0.4 is 0 Å². The van der Waals surface area contributed by atoms with Gasteiger partial charge in [-0.15, -0.1) is 0 Å². The largest absolute Gasteiger partial charge is 0.466 e. The fourth-order valence-corrected chi connectivity index (χ4v) is 5.54. The second-order valence-corrected chi connectivity index (χ2v) is 9.78. The summed E-state index contributed by atoms with van der Waals surface area (Å²) in [5.74, 6) is 0.243. The molecule has 1 N–H and O–H groups in total. The summed E-state index contributed by atoms with van der Waals surface area (Å²) in [4.78, 5) is 27.3. The van der Waals surface area contributed by atoms with Crippen LogP contribution in [0.25, 0.3) is 0 Å². The van der Waals surface area contributed by atoms with Gasteiger partial charge in [0.05, 0.1) is 18.6 Å². The number of amides is 1. The van der Waals surface area contributed by atoms with Crippen LogP contribution in [0.4, 0.5) is 4.79 Å². The zero-order valence-electron chi connectivity index (χ0n) is 17.3. The molecule has 6 heteroatoms. The van der Waals surface area contributed by atoms with E-state index in [0.717, 1.165) is 19.3 Å². The Labute approximate surface area is 162 Å². The number of nitrogens with zero attached hydrogens (tertiary/aromatic N) is 1. The van der Waals surface area contributed by atoms with E-state index in [1.165, 1.54) is 0 Å². The maximum absolute atomic E-state index is 12.9. The van der Waals surface area contributed by atoms with Crippen molar-refractivity contribution in [2.75, 3.05) is 13.2 Å². The summed E-state index contributed by atoms with van der Waals surface area (Å²) in [7, 11) is 0. The molecule has 1 saturated heterocycles. The van der Waals surface area contributed by atoms with Gasteiger partial charge < -0.3 is 19.5 Å². The molecule has 1 amide bonds. The van der Waals surface area contributed by atoms with Gasteiger partial charge in [0.1, 0.15) is 5.60 Å². The van der Waals surface area contributed by atoms with Crippen LogP contribution in [-0.4, -0.2) is 53.0 Å². The number of carbonyl (C=O) groups is 2. The molecule has 154 valence electrons. The Morgan fingerprint density at radius 3 is 2.44 bits per heavy atom. The average molecular weight is 382 g/mol. The van der Waals surface area contributed by atoms with E-state index in [1.807, 2.05) is 25.7 Å². The van der Waals surface area contributed by atoms with Crippen molar-refractivity contribution in [3.8, 4) is 0 Å². The molecule has 3 rings (SSSR count). The minimum Gasteiger partial charge on any atom is -0.466 e. The smallest absolute Gasteiger partial charge is 0.410 e. The predicted molar refractivity (Wildman–Crippen MR) is 101 cm³/mol. The molecule has 3 fully saturated rings. The number of fused-ring (bicyclic) bond motifs is 1. The molecule has 6 nitrogen and oxygen atoms in total. The number of rotatable bonds is 2. The SMILES string of the molecule is CCOC(=O)C1CC2CC(C)CC3C2CC(CN3C(=O)OC(C)(C)C)C1O. The molecule has 2 saturated carbocycles. The monoisotopic (exact) mass is 381 g/mol. The lowest BCUT2D eigenvalue weighted by Gasteiger charge is -2.50. The first-order chi connectivity index (χ1) is 12.6. The van der Waals surface area contributed by atoms with Gasteiger partial charge in [-0.2, -0.15) is 0 Å². The van der Waals surface area contributed by atoms with Crippen molar-refractivity contribution in [2.45, 2.75) is 78.0 Å². The Morgan fingerprint density at radius 2 is 1.81 bits per heavy atom. The van der Waals surface area contributed by atoms with Crippen LogP contribution in [0.3, 0.4) is 0 Å². The van der Waals surface area contributed by atoms with Crippen LogP contribution in [0, 0.1) is 29.6 Å². The highest BCUT2D eigenvalue weighted by Gasteiger charge is 2.53. The quantitative estimate of drug-likeness (QED) is 0.743. The standard InChI is InChI=1S/C21H35NO5/c1-6-26-19(24)16-9-13-7-12(2)8-17-15(13)10-14(18(16)23)11-22(17)20(25)27-21(3,4)5/h12-18,23H,6-11H2,1-5H3. The summed E-state index contributed by atoms with van der Waals surface area (Å²) >= 11 is 0. The van der Waals surface area contributed by atoms with Gasteiger partial charge >= 0.3 is 12.1 Å². The highest BCUT2D eigenvalue weighted by molar-refractivity contribution is 5.73. The molecule has 27 heavy (non-hydrogen) atoms. The molecule has 7 unspecified atom stereocenters. The Bertz CT molecular complexity index is 571. The van der Waals surface area contributed by atoms with Crippen molar-refractivity contribution < 1.29 is 24.2 Å². The highest BCUT2D eigenvalue weighted by atomic mass is 16.6. The van der Waals surface area contributed by atoms with Crippen molar-refractivity contribution in [1.82, 2.24) is 4.90 Å². The molecule has 3 aliphatic rings. The first-order valence-corrected chi connectivity index (χ1v) is 10.4. The zero-order chi connectivity index (χ0) is 19.9. The number of aliphatic hydroxyl groups is 1. The van der Waals surface area contributed by atoms with Gasteiger partial charge in [0, 0.05) is 18.5 Å². The van der Waals surface area contributed by atoms with E-state index in [-0.39, 0.29) is 24.0 Å². The number of piperidine rings is 1. The van der Waals surface area contributed by atoms with Crippen molar-refractivity contribution in [3.05, 3.63) is 0 Å². The third-order valence-corrected chi connectivity index (χ3v) is 6.52. The van der Waals surface area contributed by atoms with Crippen LogP contribution in [0.1, 0.15) is 60.3 Å². The Hall–Kier alpha value is -1.30. The molecule has 1 aliphatic heterocycles. The van der Waals surface area contributed by atoms with Gasteiger partial charge in [0.25, 0.3) is 0 Å². The number of esters is 1. The third kappa shape index (κ3) is 4.25. The first-order valence-electron chi connectivity index (χ1n) is 10.4. The molecule has 0 aromatic carbocycles.